The third-order valence-corrected chi connectivity index (χ3v) is 9.59. The molecule has 7 nitrogen and oxygen atoms in total. The third-order valence-electron chi connectivity index (χ3n) is 9.29. The SMILES string of the molecule is [C-]#[N+]c1ccc(OC2C(C)(C)C(N3Cc4nc(C#CC5CN(C6CCNCC6)C5)ccc4C3=O)C2(C)C)cc1Cl. The number of amides is 1. The van der Waals surface area contributed by atoms with Crippen LogP contribution in [-0.4, -0.2) is 65.1 Å². The number of carbonyl (C=O) groups excluding carboxylic acids is 1. The predicted octanol–water partition coefficient (Wildman–Crippen LogP) is 5.16. The summed E-state index contributed by atoms with van der Waals surface area (Å²) >= 11 is 6.25. The van der Waals surface area contributed by atoms with Gasteiger partial charge >= 0.3 is 0 Å². The van der Waals surface area contributed by atoms with Crippen molar-refractivity contribution in [2.75, 3.05) is 26.2 Å². The summed E-state index contributed by atoms with van der Waals surface area (Å²) in [5.41, 5.74) is 2.01. The first-order chi connectivity index (χ1) is 19.1. The molecule has 0 spiro atoms. The van der Waals surface area contributed by atoms with Crippen molar-refractivity contribution in [3.63, 3.8) is 0 Å². The van der Waals surface area contributed by atoms with Gasteiger partial charge in [0.2, 0.25) is 5.69 Å². The molecule has 4 aliphatic rings. The first-order valence-corrected chi connectivity index (χ1v) is 14.6. The Labute approximate surface area is 242 Å². The number of carbonyl (C=O) groups is 1. The van der Waals surface area contributed by atoms with E-state index in [-0.39, 0.29) is 28.9 Å². The fourth-order valence-electron chi connectivity index (χ4n) is 7.74. The second kappa shape index (κ2) is 10.1. The van der Waals surface area contributed by atoms with E-state index in [4.69, 9.17) is 27.9 Å². The first kappa shape index (κ1) is 27.1. The monoisotopic (exact) mass is 557 g/mol. The van der Waals surface area contributed by atoms with Crippen LogP contribution in [0.25, 0.3) is 4.85 Å². The van der Waals surface area contributed by atoms with Gasteiger partial charge in [0.05, 0.1) is 29.4 Å². The number of fused-ring (bicyclic) bond motifs is 1. The second-order valence-electron chi connectivity index (χ2n) is 12.8. The lowest BCUT2D eigenvalue weighted by atomic mass is 9.49. The van der Waals surface area contributed by atoms with Crippen LogP contribution in [0.2, 0.25) is 5.02 Å². The molecule has 0 atom stereocenters. The third kappa shape index (κ3) is 4.55. The number of halogens is 1. The number of nitrogens with zero attached hydrogens (tertiary/aromatic N) is 4. The Kier molecular flexibility index (Phi) is 6.82. The smallest absolute Gasteiger partial charge is 0.256 e. The fourth-order valence-corrected chi connectivity index (χ4v) is 7.95. The van der Waals surface area contributed by atoms with Gasteiger partial charge in [0.15, 0.2) is 0 Å². The Bertz CT molecular complexity index is 1420. The minimum Gasteiger partial charge on any atom is -0.489 e. The standard InChI is InChI=1S/C32H36ClN5O2/c1-31(2)29(32(3,4)30(31)40-23-9-11-26(34-5)25(33)16-23)38-19-27-24(28(38)39)10-8-21(36-27)7-6-20-17-37(18-20)22-12-14-35-15-13-22/h8-11,16,20,22,29-30,35H,12-15,17-19H2,1-4H3. The molecule has 1 aromatic heterocycles. The molecule has 2 aromatic rings. The van der Waals surface area contributed by atoms with Crippen molar-refractivity contribution >= 4 is 23.2 Å². The lowest BCUT2D eigenvalue weighted by molar-refractivity contribution is -0.199. The summed E-state index contributed by atoms with van der Waals surface area (Å²) in [6.45, 7) is 20.6. The van der Waals surface area contributed by atoms with Gasteiger partial charge < -0.3 is 15.0 Å². The van der Waals surface area contributed by atoms with Gasteiger partial charge in [0, 0.05) is 41.9 Å². The van der Waals surface area contributed by atoms with Gasteiger partial charge in [-0.15, -0.1) is 0 Å². The van der Waals surface area contributed by atoms with Crippen molar-refractivity contribution in [3.05, 3.63) is 63.7 Å². The number of benzene rings is 1. The number of likely N-dealkylation sites (tertiary alicyclic amines) is 1. The highest BCUT2D eigenvalue weighted by Crippen LogP contribution is 2.59. The van der Waals surface area contributed by atoms with Crippen LogP contribution >= 0.6 is 11.6 Å². The van der Waals surface area contributed by atoms with Crippen LogP contribution in [0.15, 0.2) is 30.3 Å². The Morgan fingerprint density at radius 1 is 1.12 bits per heavy atom. The van der Waals surface area contributed by atoms with Crippen molar-refractivity contribution in [1.29, 1.82) is 0 Å². The van der Waals surface area contributed by atoms with Gasteiger partial charge in [-0.3, -0.25) is 9.69 Å². The molecule has 3 fully saturated rings. The first-order valence-electron chi connectivity index (χ1n) is 14.2. The number of ether oxygens (including phenoxy) is 1. The Balaban J connectivity index is 1.12. The van der Waals surface area contributed by atoms with Crippen molar-refractivity contribution < 1.29 is 9.53 Å². The van der Waals surface area contributed by atoms with E-state index in [0.717, 1.165) is 37.6 Å². The molecule has 8 heteroatoms. The number of aromatic nitrogens is 1. The van der Waals surface area contributed by atoms with Crippen LogP contribution < -0.4 is 10.1 Å². The number of hydrogen-bond donors (Lipinski definition) is 1. The maximum Gasteiger partial charge on any atom is 0.256 e. The molecule has 1 N–H and O–H groups in total. The summed E-state index contributed by atoms with van der Waals surface area (Å²) in [5, 5.41) is 3.81. The molecule has 6 rings (SSSR count). The topological polar surface area (TPSA) is 62.1 Å². The van der Waals surface area contributed by atoms with Crippen LogP contribution in [0.5, 0.6) is 5.75 Å². The van der Waals surface area contributed by atoms with Crippen LogP contribution in [0.1, 0.15) is 62.3 Å². The van der Waals surface area contributed by atoms with E-state index in [0.29, 0.717) is 40.5 Å². The zero-order valence-corrected chi connectivity index (χ0v) is 24.4. The Hall–Kier alpha value is -3.10. The molecule has 2 saturated heterocycles. The van der Waals surface area contributed by atoms with E-state index in [1.807, 2.05) is 17.0 Å². The largest absolute Gasteiger partial charge is 0.489 e. The van der Waals surface area contributed by atoms with Crippen LogP contribution in [0, 0.1) is 35.2 Å². The highest BCUT2D eigenvalue weighted by molar-refractivity contribution is 6.33. The Morgan fingerprint density at radius 3 is 2.52 bits per heavy atom. The van der Waals surface area contributed by atoms with E-state index in [2.05, 4.69) is 54.6 Å². The number of piperidine rings is 1. The van der Waals surface area contributed by atoms with Crippen LogP contribution in [-0.2, 0) is 6.54 Å². The van der Waals surface area contributed by atoms with Crippen LogP contribution in [0.3, 0.4) is 0 Å². The van der Waals surface area contributed by atoms with Crippen molar-refractivity contribution in [2.24, 2.45) is 16.7 Å². The number of hydrogen-bond acceptors (Lipinski definition) is 5. The minimum atomic E-state index is -0.306. The van der Waals surface area contributed by atoms with Gasteiger partial charge in [-0.1, -0.05) is 51.3 Å². The molecule has 1 amide bonds. The summed E-state index contributed by atoms with van der Waals surface area (Å²) in [6, 6.07) is 9.62. The molecular formula is C32H36ClN5O2. The van der Waals surface area contributed by atoms with Gasteiger partial charge in [-0.2, -0.15) is 0 Å². The van der Waals surface area contributed by atoms with E-state index in [1.54, 1.807) is 18.2 Å². The average Bonchev–Trinajstić information content (AvgIpc) is 3.21. The summed E-state index contributed by atoms with van der Waals surface area (Å²) in [4.78, 5) is 26.3. The Morgan fingerprint density at radius 2 is 1.85 bits per heavy atom. The van der Waals surface area contributed by atoms with Crippen molar-refractivity contribution in [2.45, 2.75) is 65.3 Å². The average molecular weight is 558 g/mol. The molecular weight excluding hydrogens is 522 g/mol. The zero-order valence-electron chi connectivity index (χ0n) is 23.6. The number of rotatable bonds is 4. The van der Waals surface area contributed by atoms with Crippen molar-refractivity contribution in [1.82, 2.24) is 20.1 Å². The molecule has 1 aromatic carbocycles. The molecule has 4 heterocycles. The molecule has 208 valence electrons. The van der Waals surface area contributed by atoms with E-state index in [1.165, 1.54) is 12.8 Å². The predicted molar refractivity (Wildman–Crippen MR) is 155 cm³/mol. The van der Waals surface area contributed by atoms with Crippen LogP contribution in [0.4, 0.5) is 5.69 Å². The molecule has 0 bridgehead atoms. The quantitative estimate of drug-likeness (QED) is 0.416. The molecule has 0 unspecified atom stereocenters. The van der Waals surface area contributed by atoms with E-state index < -0.39 is 0 Å². The number of nitrogens with one attached hydrogen (secondary N) is 1. The summed E-state index contributed by atoms with van der Waals surface area (Å²) in [5.74, 6) is 7.75. The maximum absolute atomic E-state index is 13.6. The molecule has 0 radical (unpaired) electrons. The lowest BCUT2D eigenvalue weighted by Crippen LogP contribution is -2.74. The summed E-state index contributed by atoms with van der Waals surface area (Å²) in [6.07, 6.45) is 2.31. The van der Waals surface area contributed by atoms with Gasteiger partial charge in [0.25, 0.3) is 5.91 Å². The summed E-state index contributed by atoms with van der Waals surface area (Å²) in [7, 11) is 0. The van der Waals surface area contributed by atoms with Gasteiger partial charge in [-0.05, 0) is 56.1 Å². The van der Waals surface area contributed by atoms with E-state index >= 15 is 0 Å². The van der Waals surface area contributed by atoms with Crippen molar-refractivity contribution in [3.8, 4) is 17.6 Å². The van der Waals surface area contributed by atoms with E-state index in [9.17, 15) is 4.79 Å². The van der Waals surface area contributed by atoms with Gasteiger partial charge in [0.1, 0.15) is 17.5 Å². The zero-order chi connectivity index (χ0) is 28.2. The minimum absolute atomic E-state index is 0.0210. The maximum atomic E-state index is 13.6. The highest BCUT2D eigenvalue weighted by Gasteiger charge is 2.67. The molecule has 1 aliphatic carbocycles. The number of pyridine rings is 1. The molecule has 1 saturated carbocycles. The van der Waals surface area contributed by atoms with Gasteiger partial charge in [-0.25, -0.2) is 9.83 Å². The summed E-state index contributed by atoms with van der Waals surface area (Å²) < 4.78 is 6.43. The second-order valence-corrected chi connectivity index (χ2v) is 13.2. The fraction of sp³-hybridized carbons (Fsp3) is 0.531. The lowest BCUT2D eigenvalue weighted by Gasteiger charge is -2.65. The highest BCUT2D eigenvalue weighted by atomic mass is 35.5. The molecule has 40 heavy (non-hydrogen) atoms. The normalized spacial score (nSPS) is 25.7. The molecule has 3 aliphatic heterocycles.